The van der Waals surface area contributed by atoms with Crippen molar-refractivity contribution >= 4 is 23.2 Å². The highest BCUT2D eigenvalue weighted by Crippen LogP contribution is 2.50. The number of carbonyl (C=O) groups excluding carboxylic acids is 1. The standard InChI is InChI=1S/C29H26ClF2N3O2/c1-16-6-4-7-17(2)25(16)23-14-19(10-13-24(23)30)27-33-18(3)26(35(27)37)28(36)34-22-9-5-8-21(15-22)29(31,32)20-11-12-20/h4-10,13-15,20,33H,11-12H2,1-3H3,(H,34,36). The van der Waals surface area contributed by atoms with E-state index in [0.29, 0.717) is 33.9 Å². The molecule has 0 aliphatic heterocycles. The van der Waals surface area contributed by atoms with Gasteiger partial charge < -0.3 is 10.5 Å². The first kappa shape index (κ1) is 25.0. The number of hydrogen-bond acceptors (Lipinski definition) is 2. The third kappa shape index (κ3) is 4.60. The van der Waals surface area contributed by atoms with Crippen LogP contribution in [0.4, 0.5) is 14.5 Å². The smallest absolute Gasteiger partial charge is 0.300 e. The summed E-state index contributed by atoms with van der Waals surface area (Å²) in [4.78, 5) is 16.1. The minimum atomic E-state index is -2.95. The second-order valence-electron chi connectivity index (χ2n) is 9.64. The van der Waals surface area contributed by atoms with Crippen molar-refractivity contribution in [2.24, 2.45) is 5.92 Å². The van der Waals surface area contributed by atoms with E-state index >= 15 is 0 Å². The largest absolute Gasteiger partial charge is 0.710 e. The normalized spacial score (nSPS) is 13.6. The Kier molecular flexibility index (Phi) is 6.28. The molecule has 8 heteroatoms. The highest BCUT2D eigenvalue weighted by Gasteiger charge is 2.48. The summed E-state index contributed by atoms with van der Waals surface area (Å²) in [6.45, 7) is 5.61. The highest BCUT2D eigenvalue weighted by molar-refractivity contribution is 6.33. The van der Waals surface area contributed by atoms with Crippen LogP contribution in [0.2, 0.25) is 5.02 Å². The molecule has 0 unspecified atom stereocenters. The zero-order valence-corrected chi connectivity index (χ0v) is 21.4. The van der Waals surface area contributed by atoms with Gasteiger partial charge in [0.2, 0.25) is 5.69 Å². The van der Waals surface area contributed by atoms with Gasteiger partial charge in [0, 0.05) is 34.7 Å². The third-order valence-electron chi connectivity index (χ3n) is 6.87. The van der Waals surface area contributed by atoms with Crippen LogP contribution in [0.1, 0.15) is 45.7 Å². The molecule has 5 rings (SSSR count). The lowest BCUT2D eigenvalue weighted by Crippen LogP contribution is -2.36. The molecule has 190 valence electrons. The van der Waals surface area contributed by atoms with E-state index < -0.39 is 17.7 Å². The van der Waals surface area contributed by atoms with Crippen molar-refractivity contribution in [3.8, 4) is 22.5 Å². The van der Waals surface area contributed by atoms with Crippen LogP contribution in [0.25, 0.3) is 22.5 Å². The van der Waals surface area contributed by atoms with Gasteiger partial charge in [-0.3, -0.25) is 4.79 Å². The molecule has 1 fully saturated rings. The maximum absolute atomic E-state index is 14.6. The van der Waals surface area contributed by atoms with E-state index in [1.165, 1.54) is 24.3 Å². The van der Waals surface area contributed by atoms with Crippen LogP contribution in [0.15, 0.2) is 60.7 Å². The van der Waals surface area contributed by atoms with Crippen molar-refractivity contribution in [1.29, 1.82) is 0 Å². The molecule has 4 aromatic rings. The predicted octanol–water partition coefficient (Wildman–Crippen LogP) is 7.31. The SMILES string of the molecule is Cc1cccc(C)c1-c1cc(-c2[nH]c(C)c(C(=O)Nc3cccc(C(F)(F)C4CC4)c3)[n+]2[O-])ccc1Cl. The maximum atomic E-state index is 14.6. The van der Waals surface area contributed by atoms with Crippen molar-refractivity contribution in [2.45, 2.75) is 39.5 Å². The van der Waals surface area contributed by atoms with Gasteiger partial charge in [0.1, 0.15) is 0 Å². The molecule has 0 atom stereocenters. The first-order valence-corrected chi connectivity index (χ1v) is 12.4. The summed E-state index contributed by atoms with van der Waals surface area (Å²) in [5, 5.41) is 16.4. The lowest BCUT2D eigenvalue weighted by Gasteiger charge is -2.17. The van der Waals surface area contributed by atoms with Crippen molar-refractivity contribution < 1.29 is 18.3 Å². The van der Waals surface area contributed by atoms with Gasteiger partial charge in [0.05, 0.1) is 5.56 Å². The summed E-state index contributed by atoms with van der Waals surface area (Å²) in [7, 11) is 0. The fraction of sp³-hybridized carbons (Fsp3) is 0.241. The van der Waals surface area contributed by atoms with Crippen LogP contribution in [-0.4, -0.2) is 10.9 Å². The number of aryl methyl sites for hydroxylation is 3. The molecule has 2 N–H and O–H groups in total. The predicted molar refractivity (Wildman–Crippen MR) is 141 cm³/mol. The molecule has 5 nitrogen and oxygen atoms in total. The van der Waals surface area contributed by atoms with Gasteiger partial charge in [0.25, 0.3) is 17.7 Å². The molecular weight excluding hydrogens is 496 g/mol. The van der Waals surface area contributed by atoms with Crippen LogP contribution >= 0.6 is 11.6 Å². The number of carbonyl (C=O) groups is 1. The van der Waals surface area contributed by atoms with E-state index in [2.05, 4.69) is 10.3 Å². The molecule has 1 heterocycles. The Balaban J connectivity index is 1.47. The van der Waals surface area contributed by atoms with Gasteiger partial charge in [-0.25, -0.2) is 18.5 Å². The number of aromatic amines is 1. The quantitative estimate of drug-likeness (QED) is 0.206. The van der Waals surface area contributed by atoms with E-state index in [1.54, 1.807) is 19.1 Å². The number of H-pyrrole nitrogens is 1. The molecule has 0 radical (unpaired) electrons. The Hall–Kier alpha value is -3.71. The van der Waals surface area contributed by atoms with Crippen LogP contribution in [0.3, 0.4) is 0 Å². The summed E-state index contributed by atoms with van der Waals surface area (Å²) < 4.78 is 29.6. The topological polar surface area (TPSA) is 71.8 Å². The Morgan fingerprint density at radius 2 is 1.73 bits per heavy atom. The Morgan fingerprint density at radius 3 is 2.41 bits per heavy atom. The molecule has 37 heavy (non-hydrogen) atoms. The van der Waals surface area contributed by atoms with E-state index in [-0.39, 0.29) is 22.8 Å². The Morgan fingerprint density at radius 1 is 1.05 bits per heavy atom. The molecular formula is C29H26ClF2N3O2. The second kappa shape index (κ2) is 9.30. The van der Waals surface area contributed by atoms with E-state index in [1.807, 2.05) is 38.1 Å². The first-order valence-electron chi connectivity index (χ1n) is 12.1. The van der Waals surface area contributed by atoms with Gasteiger partial charge in [-0.15, -0.1) is 0 Å². The number of benzene rings is 3. The van der Waals surface area contributed by atoms with Crippen molar-refractivity contribution in [1.82, 2.24) is 4.98 Å². The van der Waals surface area contributed by atoms with Gasteiger partial charge in [-0.2, -0.15) is 0 Å². The van der Waals surface area contributed by atoms with Crippen LogP contribution in [0.5, 0.6) is 0 Å². The number of imidazole rings is 1. The summed E-state index contributed by atoms with van der Waals surface area (Å²) in [6, 6.07) is 16.8. The molecule has 1 aliphatic rings. The number of nitrogens with zero attached hydrogens (tertiary/aromatic N) is 1. The number of alkyl halides is 2. The summed E-state index contributed by atoms with van der Waals surface area (Å²) in [6.07, 6.45) is 0.974. The zero-order valence-electron chi connectivity index (χ0n) is 20.7. The van der Waals surface area contributed by atoms with Gasteiger partial charge >= 0.3 is 0 Å². The number of halogens is 3. The average molecular weight is 522 g/mol. The van der Waals surface area contributed by atoms with Crippen LogP contribution < -0.4 is 10.0 Å². The fourth-order valence-corrected chi connectivity index (χ4v) is 5.00. The molecule has 0 bridgehead atoms. The highest BCUT2D eigenvalue weighted by atomic mass is 35.5. The maximum Gasteiger partial charge on any atom is 0.300 e. The number of amides is 1. The monoisotopic (exact) mass is 521 g/mol. The van der Waals surface area contributed by atoms with E-state index in [0.717, 1.165) is 22.3 Å². The number of nitrogens with one attached hydrogen (secondary N) is 2. The van der Waals surface area contributed by atoms with Crippen molar-refractivity contribution in [3.63, 3.8) is 0 Å². The molecule has 1 amide bonds. The van der Waals surface area contributed by atoms with Crippen molar-refractivity contribution in [2.75, 3.05) is 5.32 Å². The van der Waals surface area contributed by atoms with Crippen LogP contribution in [-0.2, 0) is 5.92 Å². The number of aromatic nitrogens is 2. The molecule has 3 aromatic carbocycles. The number of anilines is 1. The minimum Gasteiger partial charge on any atom is -0.710 e. The van der Waals surface area contributed by atoms with E-state index in [9.17, 15) is 18.8 Å². The fourth-order valence-electron chi connectivity index (χ4n) is 4.78. The summed E-state index contributed by atoms with van der Waals surface area (Å²) in [5.74, 6) is -4.12. The molecule has 1 aromatic heterocycles. The van der Waals surface area contributed by atoms with Crippen molar-refractivity contribution in [3.05, 3.63) is 99.0 Å². The van der Waals surface area contributed by atoms with Crippen LogP contribution in [0, 0.1) is 31.9 Å². The Bertz CT molecular complexity index is 1510. The summed E-state index contributed by atoms with van der Waals surface area (Å²) in [5.41, 5.74) is 4.69. The molecule has 1 saturated carbocycles. The van der Waals surface area contributed by atoms with Gasteiger partial charge in [-0.1, -0.05) is 41.9 Å². The minimum absolute atomic E-state index is 0.141. The van der Waals surface area contributed by atoms with Gasteiger partial charge in [-0.05, 0) is 73.7 Å². The lowest BCUT2D eigenvalue weighted by atomic mass is 9.94. The third-order valence-corrected chi connectivity index (χ3v) is 7.20. The summed E-state index contributed by atoms with van der Waals surface area (Å²) >= 11 is 6.53. The average Bonchev–Trinajstić information content (AvgIpc) is 3.66. The molecule has 1 aliphatic carbocycles. The Labute approximate surface area is 218 Å². The molecule has 0 spiro atoms. The second-order valence-corrected chi connectivity index (χ2v) is 10.0. The van der Waals surface area contributed by atoms with E-state index in [4.69, 9.17) is 11.6 Å². The lowest BCUT2D eigenvalue weighted by molar-refractivity contribution is -0.594. The number of rotatable bonds is 6. The number of hydrogen-bond donors (Lipinski definition) is 2. The van der Waals surface area contributed by atoms with Gasteiger partial charge in [0.15, 0.2) is 5.69 Å². The zero-order chi connectivity index (χ0) is 26.5. The first-order chi connectivity index (χ1) is 17.6. The molecule has 0 saturated heterocycles.